The predicted molar refractivity (Wildman–Crippen MR) is 53.4 cm³/mol. The van der Waals surface area contributed by atoms with E-state index in [2.05, 4.69) is 0 Å². The van der Waals surface area contributed by atoms with E-state index in [0.717, 1.165) is 11.0 Å². The Morgan fingerprint density at radius 1 is 1.33 bits per heavy atom. The van der Waals surface area contributed by atoms with E-state index in [0.29, 0.717) is 0 Å². The molecule has 0 aromatic heterocycles. The number of benzene rings is 1. The van der Waals surface area contributed by atoms with Crippen molar-refractivity contribution in [3.8, 4) is 0 Å². The fraction of sp³-hybridized carbons (Fsp3) is 0.222. The number of hydrogen-bond donors (Lipinski definition) is 1. The Morgan fingerprint density at radius 3 is 2.58 bits per heavy atom. The van der Waals surface area contributed by atoms with E-state index in [1.807, 2.05) is 50.6 Å². The van der Waals surface area contributed by atoms with Crippen LogP contribution >= 0.6 is 0 Å². The Kier molecular flexibility index (Phi) is 3.05. The summed E-state index contributed by atoms with van der Waals surface area (Å²) in [7, 11) is 5.95. The fourth-order valence-corrected chi connectivity index (χ4v) is 1.04. The van der Waals surface area contributed by atoms with Crippen LogP contribution < -0.4 is 5.46 Å². The first kappa shape index (κ1) is 9.01. The van der Waals surface area contributed by atoms with Crippen LogP contribution in [-0.2, 0) is 0 Å². The van der Waals surface area contributed by atoms with Crippen molar-refractivity contribution in [2.45, 2.75) is 0 Å². The van der Waals surface area contributed by atoms with E-state index in [1.165, 1.54) is 6.21 Å². The molecule has 1 N–H and O–H groups in total. The second-order valence-corrected chi connectivity index (χ2v) is 2.87. The summed E-state index contributed by atoms with van der Waals surface area (Å²) in [6.45, 7) is 0. The second-order valence-electron chi connectivity index (χ2n) is 2.87. The molecule has 0 amide bonds. The highest BCUT2D eigenvalue weighted by Crippen LogP contribution is 1.91. The standard InChI is InChI=1S/C9H12BN2/c1-12(2)10-9-6-4-3-5-8(9)7-11/h3-7,11H,1-2H3. The third-order valence-electron chi connectivity index (χ3n) is 1.55. The minimum absolute atomic E-state index is 0.950. The third kappa shape index (κ3) is 2.20. The van der Waals surface area contributed by atoms with Gasteiger partial charge in [0, 0.05) is 6.21 Å². The summed E-state index contributed by atoms with van der Waals surface area (Å²) in [5, 5.41) is 7.17. The summed E-state index contributed by atoms with van der Waals surface area (Å²) in [6.07, 6.45) is 1.37. The van der Waals surface area contributed by atoms with Crippen LogP contribution in [-0.4, -0.2) is 32.5 Å². The van der Waals surface area contributed by atoms with Crippen LogP contribution in [0.15, 0.2) is 24.3 Å². The van der Waals surface area contributed by atoms with Crippen molar-refractivity contribution in [3.63, 3.8) is 0 Å². The molecule has 0 spiro atoms. The molecule has 0 aliphatic carbocycles. The lowest BCUT2D eigenvalue weighted by Crippen LogP contribution is -2.31. The van der Waals surface area contributed by atoms with Crippen LogP contribution in [0, 0.1) is 5.41 Å². The first-order valence-electron chi connectivity index (χ1n) is 3.85. The van der Waals surface area contributed by atoms with E-state index < -0.39 is 0 Å². The van der Waals surface area contributed by atoms with Gasteiger partial charge in [-0.2, -0.15) is 0 Å². The van der Waals surface area contributed by atoms with Crippen LogP contribution in [0.3, 0.4) is 0 Å². The molecule has 61 valence electrons. The van der Waals surface area contributed by atoms with Gasteiger partial charge in [0.1, 0.15) is 0 Å². The molecular weight excluding hydrogens is 147 g/mol. The minimum Gasteiger partial charge on any atom is -0.348 e. The Morgan fingerprint density at radius 2 is 2.00 bits per heavy atom. The minimum atomic E-state index is 0.950. The number of rotatable bonds is 3. The molecule has 0 unspecified atom stereocenters. The Labute approximate surface area is 74.0 Å². The maximum atomic E-state index is 7.17. The Bertz CT molecular complexity index is 271. The SMILES string of the molecule is CN(C)[B]c1ccccc1C=N. The van der Waals surface area contributed by atoms with Crippen molar-refractivity contribution < 1.29 is 0 Å². The van der Waals surface area contributed by atoms with E-state index in [1.54, 1.807) is 0 Å². The quantitative estimate of drug-likeness (QED) is 0.504. The lowest BCUT2D eigenvalue weighted by molar-refractivity contribution is 0.669. The van der Waals surface area contributed by atoms with Gasteiger partial charge in [0.2, 0.25) is 7.41 Å². The van der Waals surface area contributed by atoms with E-state index in [4.69, 9.17) is 5.41 Å². The third-order valence-corrected chi connectivity index (χ3v) is 1.55. The van der Waals surface area contributed by atoms with Crippen molar-refractivity contribution in [2.24, 2.45) is 0 Å². The van der Waals surface area contributed by atoms with Gasteiger partial charge in [-0.25, -0.2) is 0 Å². The van der Waals surface area contributed by atoms with Gasteiger partial charge >= 0.3 is 0 Å². The fourth-order valence-electron chi connectivity index (χ4n) is 1.04. The molecule has 2 nitrogen and oxygen atoms in total. The van der Waals surface area contributed by atoms with Gasteiger partial charge in [-0.3, -0.25) is 0 Å². The lowest BCUT2D eigenvalue weighted by Gasteiger charge is -2.09. The zero-order valence-corrected chi connectivity index (χ0v) is 7.41. The summed E-state index contributed by atoms with van der Waals surface area (Å²) >= 11 is 0. The molecule has 3 heteroatoms. The van der Waals surface area contributed by atoms with Crippen LogP contribution in [0.25, 0.3) is 0 Å². The molecule has 0 fully saturated rings. The Hall–Kier alpha value is -1.09. The summed E-state index contributed by atoms with van der Waals surface area (Å²) in [4.78, 5) is 1.97. The highest BCUT2D eigenvalue weighted by Gasteiger charge is 2.01. The zero-order chi connectivity index (χ0) is 8.97. The first-order chi connectivity index (χ1) is 5.74. The number of nitrogens with one attached hydrogen (secondary N) is 1. The van der Waals surface area contributed by atoms with Gasteiger partial charge in [0.25, 0.3) is 0 Å². The smallest absolute Gasteiger partial charge is 0.247 e. The van der Waals surface area contributed by atoms with Gasteiger partial charge in [0.15, 0.2) is 0 Å². The maximum absolute atomic E-state index is 7.17. The molecule has 0 aliphatic heterocycles. The molecule has 1 radical (unpaired) electrons. The van der Waals surface area contributed by atoms with Crippen molar-refractivity contribution >= 4 is 19.1 Å². The summed E-state index contributed by atoms with van der Waals surface area (Å²) < 4.78 is 0. The molecule has 1 aromatic carbocycles. The molecule has 0 saturated heterocycles. The van der Waals surface area contributed by atoms with E-state index in [9.17, 15) is 0 Å². The van der Waals surface area contributed by atoms with Crippen LogP contribution in [0.5, 0.6) is 0 Å². The van der Waals surface area contributed by atoms with Gasteiger partial charge in [-0.1, -0.05) is 29.7 Å². The van der Waals surface area contributed by atoms with Crippen molar-refractivity contribution in [3.05, 3.63) is 29.8 Å². The van der Waals surface area contributed by atoms with E-state index in [-0.39, 0.29) is 0 Å². The lowest BCUT2D eigenvalue weighted by atomic mass is 9.78. The van der Waals surface area contributed by atoms with Crippen LogP contribution in [0.4, 0.5) is 0 Å². The first-order valence-corrected chi connectivity index (χ1v) is 3.85. The molecule has 0 heterocycles. The summed E-state index contributed by atoms with van der Waals surface area (Å²) in [5.41, 5.74) is 2.03. The van der Waals surface area contributed by atoms with Gasteiger partial charge < -0.3 is 10.2 Å². The highest BCUT2D eigenvalue weighted by atomic mass is 15.0. The average Bonchev–Trinajstić information content (AvgIpc) is 2.04. The second kappa shape index (κ2) is 4.07. The topological polar surface area (TPSA) is 27.1 Å². The molecule has 0 saturated carbocycles. The maximum Gasteiger partial charge on any atom is 0.247 e. The zero-order valence-electron chi connectivity index (χ0n) is 7.41. The van der Waals surface area contributed by atoms with Crippen molar-refractivity contribution in [1.82, 2.24) is 4.81 Å². The Balaban J connectivity index is 2.89. The largest absolute Gasteiger partial charge is 0.348 e. The normalized spacial score (nSPS) is 9.92. The molecule has 1 aromatic rings. The van der Waals surface area contributed by atoms with Crippen molar-refractivity contribution in [1.29, 1.82) is 5.41 Å². The molecular formula is C9H12BN2. The molecule has 0 aliphatic rings. The average molecular weight is 159 g/mol. The van der Waals surface area contributed by atoms with Gasteiger partial charge in [0.05, 0.1) is 0 Å². The molecule has 0 atom stereocenters. The molecule has 1 rings (SSSR count). The van der Waals surface area contributed by atoms with E-state index >= 15 is 0 Å². The number of hydrogen-bond acceptors (Lipinski definition) is 2. The predicted octanol–water partition coefficient (Wildman–Crippen LogP) is 0.490. The van der Waals surface area contributed by atoms with Gasteiger partial charge in [-0.05, 0) is 19.7 Å². The van der Waals surface area contributed by atoms with Crippen LogP contribution in [0.1, 0.15) is 5.56 Å². The summed E-state index contributed by atoms with van der Waals surface area (Å²) in [5.74, 6) is 0. The highest BCUT2D eigenvalue weighted by molar-refractivity contribution is 6.52. The molecule has 0 bridgehead atoms. The monoisotopic (exact) mass is 159 g/mol. The van der Waals surface area contributed by atoms with Crippen molar-refractivity contribution in [2.75, 3.05) is 14.1 Å². The van der Waals surface area contributed by atoms with Gasteiger partial charge in [-0.15, -0.1) is 0 Å². The summed E-state index contributed by atoms with van der Waals surface area (Å²) in [6, 6.07) is 7.85. The molecule has 12 heavy (non-hydrogen) atoms. The van der Waals surface area contributed by atoms with Crippen LogP contribution in [0.2, 0.25) is 0 Å². The number of nitrogens with zero attached hydrogens (tertiary/aromatic N) is 1.